The van der Waals surface area contributed by atoms with E-state index in [9.17, 15) is 40.1 Å². The Labute approximate surface area is 157 Å². The number of nitro groups is 1. The molecule has 0 radical (unpaired) electrons. The van der Waals surface area contributed by atoms with E-state index in [1.165, 1.54) is 4.72 Å². The first-order valence-electron chi connectivity index (χ1n) is 7.24. The van der Waals surface area contributed by atoms with Crippen LogP contribution in [-0.2, 0) is 20.0 Å². The molecule has 0 bridgehead atoms. The maximum atomic E-state index is 12.2. The Morgan fingerprint density at radius 1 is 0.857 bits per heavy atom. The number of rotatable bonds is 7. The molecule has 0 atom stereocenters. The standard InChI is InChI=1S/C14H12F3N3O6S2/c15-14(16,17)9-18-27(23,24)12-5-1-10(2-6-12)19-28(25,26)13-7-3-11(4-8-13)20(21)22/h1-8,18-19H,9H2. The molecule has 2 aromatic carbocycles. The van der Waals surface area contributed by atoms with Crippen molar-refractivity contribution < 1.29 is 34.9 Å². The minimum absolute atomic E-state index is 0.0619. The van der Waals surface area contributed by atoms with E-state index in [2.05, 4.69) is 4.72 Å². The number of anilines is 1. The summed E-state index contributed by atoms with van der Waals surface area (Å²) in [6.45, 7) is -1.75. The number of benzene rings is 2. The average Bonchev–Trinajstić information content (AvgIpc) is 2.60. The Morgan fingerprint density at radius 2 is 1.32 bits per heavy atom. The largest absolute Gasteiger partial charge is 0.402 e. The minimum Gasteiger partial charge on any atom is -0.280 e. The molecule has 0 saturated carbocycles. The second kappa shape index (κ2) is 7.73. The zero-order chi connectivity index (χ0) is 21.2. The molecule has 0 aliphatic rings. The Hall–Kier alpha value is -2.71. The van der Waals surface area contributed by atoms with Gasteiger partial charge in [-0.1, -0.05) is 0 Å². The van der Waals surface area contributed by atoms with E-state index in [0.717, 1.165) is 48.5 Å². The number of hydrogen-bond acceptors (Lipinski definition) is 6. The summed E-state index contributed by atoms with van der Waals surface area (Å²) < 4.78 is 88.0. The van der Waals surface area contributed by atoms with Crippen LogP contribution in [0.3, 0.4) is 0 Å². The number of non-ortho nitro benzene ring substituents is 1. The number of nitro benzene ring substituents is 1. The summed E-state index contributed by atoms with van der Waals surface area (Å²) in [5.74, 6) is 0. The van der Waals surface area contributed by atoms with E-state index in [1.54, 1.807) is 0 Å². The highest BCUT2D eigenvalue weighted by atomic mass is 32.2. The molecule has 0 spiro atoms. The molecule has 0 aromatic heterocycles. The van der Waals surface area contributed by atoms with Crippen LogP contribution in [0.2, 0.25) is 0 Å². The average molecular weight is 439 g/mol. The van der Waals surface area contributed by atoms with Gasteiger partial charge in [-0.25, -0.2) is 21.6 Å². The lowest BCUT2D eigenvalue weighted by molar-refractivity contribution is -0.384. The number of hydrogen-bond donors (Lipinski definition) is 2. The van der Waals surface area contributed by atoms with Crippen molar-refractivity contribution in [2.45, 2.75) is 16.0 Å². The lowest BCUT2D eigenvalue weighted by Crippen LogP contribution is -2.33. The third-order valence-corrected chi connectivity index (χ3v) is 6.05. The van der Waals surface area contributed by atoms with Crippen LogP contribution in [0.4, 0.5) is 24.5 Å². The molecule has 0 fully saturated rings. The smallest absolute Gasteiger partial charge is 0.280 e. The first-order valence-corrected chi connectivity index (χ1v) is 10.2. The summed E-state index contributed by atoms with van der Waals surface area (Å²) in [6.07, 6.45) is -4.73. The fourth-order valence-corrected chi connectivity index (χ4v) is 4.00. The fraction of sp³-hybridized carbons (Fsp3) is 0.143. The molecule has 0 saturated heterocycles. The third-order valence-electron chi connectivity index (χ3n) is 3.24. The number of halogens is 3. The zero-order valence-electron chi connectivity index (χ0n) is 13.7. The van der Waals surface area contributed by atoms with Crippen LogP contribution in [0.5, 0.6) is 0 Å². The second-order valence-electron chi connectivity index (χ2n) is 5.32. The molecular weight excluding hydrogens is 427 g/mol. The molecule has 2 N–H and O–H groups in total. The minimum atomic E-state index is -4.73. The van der Waals surface area contributed by atoms with Gasteiger partial charge in [0.25, 0.3) is 15.7 Å². The lowest BCUT2D eigenvalue weighted by Gasteiger charge is -2.11. The van der Waals surface area contributed by atoms with E-state index < -0.39 is 42.6 Å². The molecule has 0 aliphatic heterocycles. The topological polar surface area (TPSA) is 135 Å². The fourth-order valence-electron chi connectivity index (χ4n) is 1.92. The third kappa shape index (κ3) is 5.64. The van der Waals surface area contributed by atoms with Gasteiger partial charge in [-0.2, -0.15) is 13.2 Å². The first-order chi connectivity index (χ1) is 12.8. The molecule has 2 rings (SSSR count). The molecular formula is C14H12F3N3O6S2. The predicted molar refractivity (Wildman–Crippen MR) is 91.6 cm³/mol. The molecule has 0 heterocycles. The molecule has 28 heavy (non-hydrogen) atoms. The number of alkyl halides is 3. The van der Waals surface area contributed by atoms with E-state index in [4.69, 9.17) is 0 Å². The summed E-state index contributed by atoms with van der Waals surface area (Å²) in [6, 6.07) is 7.96. The zero-order valence-corrected chi connectivity index (χ0v) is 15.3. The van der Waals surface area contributed by atoms with E-state index >= 15 is 0 Å². The molecule has 0 aliphatic carbocycles. The van der Waals surface area contributed by atoms with Gasteiger partial charge in [0.05, 0.1) is 14.7 Å². The van der Waals surface area contributed by atoms with Crippen molar-refractivity contribution in [3.63, 3.8) is 0 Å². The van der Waals surface area contributed by atoms with Crippen molar-refractivity contribution in [1.29, 1.82) is 0 Å². The lowest BCUT2D eigenvalue weighted by atomic mass is 10.3. The normalized spacial score (nSPS) is 12.5. The first kappa shape index (κ1) is 21.6. The van der Waals surface area contributed by atoms with Crippen molar-refractivity contribution >= 4 is 31.4 Å². The van der Waals surface area contributed by atoms with Crippen LogP contribution in [-0.4, -0.2) is 34.5 Å². The van der Waals surface area contributed by atoms with Crippen molar-refractivity contribution in [1.82, 2.24) is 4.72 Å². The van der Waals surface area contributed by atoms with Gasteiger partial charge in [0.2, 0.25) is 10.0 Å². The highest BCUT2D eigenvalue weighted by Gasteiger charge is 2.30. The van der Waals surface area contributed by atoms with Gasteiger partial charge in [0.1, 0.15) is 6.54 Å². The summed E-state index contributed by atoms with van der Waals surface area (Å²) in [5, 5.41) is 10.6. The second-order valence-corrected chi connectivity index (χ2v) is 8.77. The van der Waals surface area contributed by atoms with Crippen molar-refractivity contribution in [3.8, 4) is 0 Å². The summed E-state index contributed by atoms with van der Waals surface area (Å²) in [4.78, 5) is 9.13. The monoisotopic (exact) mass is 439 g/mol. The maximum Gasteiger partial charge on any atom is 0.402 e. The van der Waals surface area contributed by atoms with Gasteiger partial charge >= 0.3 is 6.18 Å². The number of nitrogens with one attached hydrogen (secondary N) is 2. The Kier molecular flexibility index (Phi) is 5.96. The molecule has 152 valence electrons. The van der Waals surface area contributed by atoms with Crippen LogP contribution < -0.4 is 9.44 Å². The summed E-state index contributed by atoms with van der Waals surface area (Å²) in [7, 11) is -8.55. The molecule has 14 heteroatoms. The Bertz CT molecular complexity index is 1070. The van der Waals surface area contributed by atoms with Crippen LogP contribution in [0, 0.1) is 10.1 Å². The van der Waals surface area contributed by atoms with E-state index in [1.807, 2.05) is 0 Å². The van der Waals surface area contributed by atoms with Gasteiger partial charge in [-0.3, -0.25) is 14.8 Å². The highest BCUT2D eigenvalue weighted by molar-refractivity contribution is 7.92. The van der Waals surface area contributed by atoms with Crippen LogP contribution in [0.1, 0.15) is 0 Å². The van der Waals surface area contributed by atoms with Crippen LogP contribution >= 0.6 is 0 Å². The number of sulfonamides is 2. The Balaban J connectivity index is 2.16. The molecule has 0 amide bonds. The molecule has 0 unspecified atom stereocenters. The van der Waals surface area contributed by atoms with Crippen molar-refractivity contribution in [2.75, 3.05) is 11.3 Å². The van der Waals surface area contributed by atoms with Gasteiger partial charge in [0.15, 0.2) is 0 Å². The van der Waals surface area contributed by atoms with E-state index in [0.29, 0.717) is 0 Å². The van der Waals surface area contributed by atoms with Gasteiger partial charge < -0.3 is 0 Å². The van der Waals surface area contributed by atoms with Gasteiger partial charge in [0, 0.05) is 17.8 Å². The number of nitrogens with zero attached hydrogens (tertiary/aromatic N) is 1. The molecule has 2 aromatic rings. The van der Waals surface area contributed by atoms with Crippen LogP contribution in [0.25, 0.3) is 0 Å². The molecule has 9 nitrogen and oxygen atoms in total. The van der Waals surface area contributed by atoms with Crippen molar-refractivity contribution in [2.24, 2.45) is 0 Å². The maximum absolute atomic E-state index is 12.2. The Morgan fingerprint density at radius 3 is 1.79 bits per heavy atom. The summed E-state index contributed by atoms with van der Waals surface area (Å²) in [5.41, 5.74) is -0.368. The van der Waals surface area contributed by atoms with Gasteiger partial charge in [-0.15, -0.1) is 0 Å². The van der Waals surface area contributed by atoms with Gasteiger partial charge in [-0.05, 0) is 36.4 Å². The highest BCUT2D eigenvalue weighted by Crippen LogP contribution is 2.21. The summed E-state index contributed by atoms with van der Waals surface area (Å²) >= 11 is 0. The quantitative estimate of drug-likeness (QED) is 0.502. The van der Waals surface area contributed by atoms with Crippen LogP contribution in [0.15, 0.2) is 58.3 Å². The van der Waals surface area contributed by atoms with Crippen molar-refractivity contribution in [3.05, 3.63) is 58.6 Å². The SMILES string of the molecule is O=[N+]([O-])c1ccc(S(=O)(=O)Nc2ccc(S(=O)(=O)NCC(F)(F)F)cc2)cc1. The van der Waals surface area contributed by atoms with E-state index in [-0.39, 0.29) is 16.3 Å². The predicted octanol–water partition coefficient (Wildman–Crippen LogP) is 2.24.